The molecule has 0 atom stereocenters. The summed E-state index contributed by atoms with van der Waals surface area (Å²) in [5.41, 5.74) is 8.61. The molecule has 2 aromatic heterocycles. The maximum atomic E-state index is 14.9. The number of aromatic nitrogens is 2. The summed E-state index contributed by atoms with van der Waals surface area (Å²) in [6.45, 7) is 0. The van der Waals surface area contributed by atoms with Crippen LogP contribution in [0.25, 0.3) is 82.2 Å². The Morgan fingerprint density at radius 1 is 0.418 bits per heavy atom. The number of para-hydroxylation sites is 1. The molecule has 55 heavy (non-hydrogen) atoms. The highest BCUT2D eigenvalue weighted by Gasteiger charge is 2.29. The molecule has 0 spiro atoms. The molecule has 0 aliphatic rings. The number of benzene rings is 9. The summed E-state index contributed by atoms with van der Waals surface area (Å²) in [5, 5.41) is 10.9. The highest BCUT2D eigenvalue weighted by molar-refractivity contribution is 7.85. The van der Waals surface area contributed by atoms with Crippen LogP contribution in [-0.2, 0) is 4.57 Å². The number of hydrogen-bond donors (Lipinski definition) is 0. The van der Waals surface area contributed by atoms with Gasteiger partial charge in [0.15, 0.2) is 7.14 Å². The minimum atomic E-state index is -3.04. The summed E-state index contributed by atoms with van der Waals surface area (Å²) in [4.78, 5) is 5.39. The van der Waals surface area contributed by atoms with E-state index >= 15 is 0 Å². The van der Waals surface area contributed by atoms with Gasteiger partial charge in [-0.3, -0.25) is 4.40 Å². The van der Waals surface area contributed by atoms with Crippen LogP contribution in [0.3, 0.4) is 0 Å². The summed E-state index contributed by atoms with van der Waals surface area (Å²) in [6, 6.07) is 69.6. The number of rotatable bonds is 5. The third-order valence-electron chi connectivity index (χ3n) is 11.2. The minimum absolute atomic E-state index is 0.824. The van der Waals surface area contributed by atoms with Crippen LogP contribution in [0.15, 0.2) is 200 Å². The fourth-order valence-electron chi connectivity index (χ4n) is 8.56. The van der Waals surface area contributed by atoms with Gasteiger partial charge in [-0.05, 0) is 61.8 Å². The van der Waals surface area contributed by atoms with Crippen molar-refractivity contribution in [3.63, 3.8) is 0 Å². The van der Waals surface area contributed by atoms with Crippen molar-refractivity contribution in [1.82, 2.24) is 9.38 Å². The van der Waals surface area contributed by atoms with E-state index in [1.165, 1.54) is 37.7 Å². The first-order valence-corrected chi connectivity index (χ1v) is 20.4. The summed E-state index contributed by atoms with van der Waals surface area (Å²) in [7, 11) is -3.04. The van der Waals surface area contributed by atoms with Gasteiger partial charge in [-0.2, -0.15) is 0 Å². The normalized spacial score (nSPS) is 12.1. The molecule has 2 heterocycles. The molecule has 0 amide bonds. The first kappa shape index (κ1) is 31.7. The predicted octanol–water partition coefficient (Wildman–Crippen LogP) is 12.1. The Hall–Kier alpha value is -6.80. The van der Waals surface area contributed by atoms with E-state index in [0.717, 1.165) is 60.4 Å². The SMILES string of the molecule is O=P(c1ccccc1)(c1ccccc1)c1ccc(-c2ccc(-c3cccc4nc5c6c7ccccc7ccc6c6cc7ccccc7cc6n5c34)cc2)cc1. The molecule has 0 saturated heterocycles. The number of nitrogens with zero attached hydrogens (tertiary/aromatic N) is 2. The fraction of sp³-hybridized carbons (Fsp3) is 0. The average Bonchev–Trinajstić information content (AvgIpc) is 3.66. The van der Waals surface area contributed by atoms with E-state index in [-0.39, 0.29) is 0 Å². The second kappa shape index (κ2) is 12.4. The van der Waals surface area contributed by atoms with Gasteiger partial charge >= 0.3 is 0 Å². The quantitative estimate of drug-likeness (QED) is 0.101. The highest BCUT2D eigenvalue weighted by Crippen LogP contribution is 2.43. The van der Waals surface area contributed by atoms with Crippen molar-refractivity contribution in [2.45, 2.75) is 0 Å². The van der Waals surface area contributed by atoms with E-state index in [1.54, 1.807) is 0 Å². The molecule has 11 rings (SSSR count). The minimum Gasteiger partial charge on any atom is -0.309 e. The Balaban J connectivity index is 1.07. The van der Waals surface area contributed by atoms with Crippen LogP contribution in [0.5, 0.6) is 0 Å². The Bertz CT molecular complexity index is 3270. The van der Waals surface area contributed by atoms with Gasteiger partial charge < -0.3 is 4.57 Å². The maximum absolute atomic E-state index is 14.9. The lowest BCUT2D eigenvalue weighted by Crippen LogP contribution is -2.24. The summed E-state index contributed by atoms with van der Waals surface area (Å²) in [6.07, 6.45) is 0. The Labute approximate surface area is 318 Å². The molecule has 0 bridgehead atoms. The van der Waals surface area contributed by atoms with Gasteiger partial charge in [0, 0.05) is 32.2 Å². The van der Waals surface area contributed by atoms with Gasteiger partial charge in [0.05, 0.1) is 16.6 Å². The molecule has 0 saturated carbocycles. The monoisotopic (exact) mass is 720 g/mol. The second-order valence-electron chi connectivity index (χ2n) is 14.3. The molecule has 0 radical (unpaired) electrons. The van der Waals surface area contributed by atoms with Gasteiger partial charge in [-0.1, -0.05) is 182 Å². The van der Waals surface area contributed by atoms with Gasteiger partial charge in [-0.15, -0.1) is 0 Å². The Morgan fingerprint density at radius 2 is 0.982 bits per heavy atom. The fourth-order valence-corrected chi connectivity index (χ4v) is 11.2. The lowest BCUT2D eigenvalue weighted by Gasteiger charge is -2.20. The third kappa shape index (κ3) is 4.91. The number of hydrogen-bond acceptors (Lipinski definition) is 2. The van der Waals surface area contributed by atoms with Crippen molar-refractivity contribution < 1.29 is 4.57 Å². The van der Waals surface area contributed by atoms with Gasteiger partial charge in [0.2, 0.25) is 0 Å². The van der Waals surface area contributed by atoms with Gasteiger partial charge in [-0.25, -0.2) is 4.98 Å². The molecule has 0 aliphatic carbocycles. The lowest BCUT2D eigenvalue weighted by atomic mass is 9.97. The van der Waals surface area contributed by atoms with Crippen LogP contribution in [0.4, 0.5) is 0 Å². The van der Waals surface area contributed by atoms with Crippen LogP contribution in [0.1, 0.15) is 0 Å². The first-order chi connectivity index (χ1) is 27.1. The Morgan fingerprint density at radius 3 is 1.67 bits per heavy atom. The van der Waals surface area contributed by atoms with Crippen molar-refractivity contribution >= 4 is 83.0 Å². The van der Waals surface area contributed by atoms with Gasteiger partial charge in [0.1, 0.15) is 5.65 Å². The van der Waals surface area contributed by atoms with Crippen molar-refractivity contribution in [1.29, 1.82) is 0 Å². The van der Waals surface area contributed by atoms with Crippen molar-refractivity contribution in [2.75, 3.05) is 0 Å². The topological polar surface area (TPSA) is 34.4 Å². The number of imidazole rings is 1. The molecular formula is C51H33N2OP. The van der Waals surface area contributed by atoms with Crippen LogP contribution < -0.4 is 15.9 Å². The van der Waals surface area contributed by atoms with Crippen molar-refractivity contribution in [3.05, 3.63) is 200 Å². The smallest absolute Gasteiger partial charge is 0.171 e. The number of pyridine rings is 1. The molecule has 0 unspecified atom stereocenters. The second-order valence-corrected chi connectivity index (χ2v) is 17.0. The van der Waals surface area contributed by atoms with Crippen molar-refractivity contribution in [2.24, 2.45) is 0 Å². The van der Waals surface area contributed by atoms with Gasteiger partial charge in [0.25, 0.3) is 0 Å². The van der Waals surface area contributed by atoms with E-state index in [0.29, 0.717) is 0 Å². The number of fused-ring (bicyclic) bond motifs is 11. The zero-order chi connectivity index (χ0) is 36.5. The molecule has 11 aromatic rings. The van der Waals surface area contributed by atoms with E-state index in [2.05, 4.69) is 132 Å². The maximum Gasteiger partial charge on any atom is 0.171 e. The highest BCUT2D eigenvalue weighted by atomic mass is 31.2. The predicted molar refractivity (Wildman–Crippen MR) is 233 cm³/mol. The molecule has 258 valence electrons. The largest absolute Gasteiger partial charge is 0.309 e. The summed E-state index contributed by atoms with van der Waals surface area (Å²) < 4.78 is 17.3. The molecule has 0 N–H and O–H groups in total. The first-order valence-electron chi connectivity index (χ1n) is 18.6. The molecule has 9 aromatic carbocycles. The molecular weight excluding hydrogens is 688 g/mol. The van der Waals surface area contributed by atoms with E-state index in [9.17, 15) is 4.57 Å². The van der Waals surface area contributed by atoms with Crippen LogP contribution in [0, 0.1) is 0 Å². The van der Waals surface area contributed by atoms with Crippen molar-refractivity contribution in [3.8, 4) is 22.3 Å². The zero-order valence-corrected chi connectivity index (χ0v) is 30.7. The molecule has 0 fully saturated rings. The third-order valence-corrected chi connectivity index (χ3v) is 14.3. The standard InChI is InChI=1S/C51H33N2OP/c54-55(40-15-3-1-4-16-40,41-17-5-2-6-18-41)42-29-26-35(27-30-42)34-22-24-37(25-23-34)44-20-11-21-47-50(44)53-48-33-39-14-8-7-13-38(39)32-46(48)45-31-28-36-12-9-10-19-43(36)49(45)51(53)52-47/h1-33H. The van der Waals surface area contributed by atoms with Crippen LogP contribution in [-0.4, -0.2) is 9.38 Å². The summed E-state index contributed by atoms with van der Waals surface area (Å²) >= 11 is 0. The van der Waals surface area contributed by atoms with E-state index in [4.69, 9.17) is 4.98 Å². The van der Waals surface area contributed by atoms with E-state index < -0.39 is 7.14 Å². The molecule has 4 heteroatoms. The van der Waals surface area contributed by atoms with E-state index in [1.807, 2.05) is 72.8 Å². The summed E-state index contributed by atoms with van der Waals surface area (Å²) in [5.74, 6) is 0. The average molecular weight is 721 g/mol. The molecule has 0 aliphatic heterocycles. The van der Waals surface area contributed by atoms with Crippen LogP contribution in [0.2, 0.25) is 0 Å². The Kier molecular flexibility index (Phi) is 7.14. The van der Waals surface area contributed by atoms with Crippen LogP contribution >= 0.6 is 7.14 Å². The zero-order valence-electron chi connectivity index (χ0n) is 29.8. The molecule has 3 nitrogen and oxygen atoms in total. The lowest BCUT2D eigenvalue weighted by molar-refractivity contribution is 0.592.